The highest BCUT2D eigenvalue weighted by molar-refractivity contribution is 5.95. The Kier molecular flexibility index (Phi) is 10.9. The second kappa shape index (κ2) is 14.9. The topological polar surface area (TPSA) is 122 Å². The molecule has 1 aliphatic heterocycles. The van der Waals surface area contributed by atoms with Crippen LogP contribution in [0.25, 0.3) is 0 Å². The number of likely N-dealkylation sites (N-methyl/N-ethyl adjacent to an activating group) is 1. The third-order valence-electron chi connectivity index (χ3n) is 7.43. The Morgan fingerprint density at radius 2 is 1.65 bits per heavy atom. The quantitative estimate of drug-likeness (QED) is 0.319. The van der Waals surface area contributed by atoms with E-state index in [4.69, 9.17) is 10.5 Å². The lowest BCUT2D eigenvalue weighted by Gasteiger charge is -2.43. The van der Waals surface area contributed by atoms with Crippen molar-refractivity contribution in [2.45, 2.75) is 44.4 Å². The van der Waals surface area contributed by atoms with Crippen molar-refractivity contribution < 1.29 is 28.3 Å². The van der Waals surface area contributed by atoms with Gasteiger partial charge in [-0.1, -0.05) is 54.6 Å². The maximum absolute atomic E-state index is 13.8. The van der Waals surface area contributed by atoms with Gasteiger partial charge in [-0.2, -0.15) is 0 Å². The zero-order valence-electron chi connectivity index (χ0n) is 24.1. The molecule has 0 saturated carbocycles. The molecule has 10 heteroatoms. The van der Waals surface area contributed by atoms with Gasteiger partial charge in [0.15, 0.2) is 0 Å². The number of ether oxygens (including phenoxy) is 1. The number of hydrogen-bond donors (Lipinski definition) is 2. The number of carbonyl (C=O) groups excluding carboxylic acids is 4. The molecular weight excluding hydrogens is 551 g/mol. The Morgan fingerprint density at radius 1 is 0.977 bits per heavy atom. The van der Waals surface area contributed by atoms with Gasteiger partial charge in [-0.15, -0.1) is 0 Å². The lowest BCUT2D eigenvalue weighted by molar-refractivity contribution is -0.155. The first-order chi connectivity index (χ1) is 20.7. The molecule has 225 valence electrons. The van der Waals surface area contributed by atoms with E-state index >= 15 is 0 Å². The summed E-state index contributed by atoms with van der Waals surface area (Å²) in [6.45, 7) is 0.735. The highest BCUT2D eigenvalue weighted by Crippen LogP contribution is 2.23. The highest BCUT2D eigenvalue weighted by Gasteiger charge is 2.41. The number of nitrogens with zero attached hydrogens (tertiary/aromatic N) is 2. The van der Waals surface area contributed by atoms with E-state index in [1.54, 1.807) is 12.1 Å². The van der Waals surface area contributed by atoms with E-state index < -0.39 is 23.9 Å². The summed E-state index contributed by atoms with van der Waals surface area (Å²) in [7, 11) is 1.51. The maximum atomic E-state index is 13.8. The summed E-state index contributed by atoms with van der Waals surface area (Å²) in [6, 6.07) is 21.2. The molecule has 3 aromatic carbocycles. The van der Waals surface area contributed by atoms with Crippen LogP contribution in [0.4, 0.5) is 4.39 Å². The highest BCUT2D eigenvalue weighted by atomic mass is 19.1. The number of carbonyl (C=O) groups is 4. The summed E-state index contributed by atoms with van der Waals surface area (Å²) < 4.78 is 19.1. The van der Waals surface area contributed by atoms with Crippen LogP contribution in [-0.4, -0.2) is 65.6 Å². The Hall–Kier alpha value is -4.73. The molecule has 1 fully saturated rings. The number of amides is 4. The van der Waals surface area contributed by atoms with E-state index in [0.29, 0.717) is 12.4 Å². The average molecular weight is 588 g/mol. The van der Waals surface area contributed by atoms with Crippen molar-refractivity contribution in [3.8, 4) is 5.75 Å². The number of benzene rings is 3. The monoisotopic (exact) mass is 587 g/mol. The second-order valence-electron chi connectivity index (χ2n) is 10.4. The summed E-state index contributed by atoms with van der Waals surface area (Å²) in [5, 5.41) is 2.65. The fourth-order valence-corrected chi connectivity index (χ4v) is 5.08. The van der Waals surface area contributed by atoms with Crippen LogP contribution in [0.5, 0.6) is 5.75 Å². The Labute approximate surface area is 250 Å². The standard InChI is InChI=1S/C33H36FN4O5/c1-36-32(41)29(21-24-9-14-27(15-10-24)43-22-25-5-3-2-4-6-25)38-20-19-37(28(33(38)42)16-17-30(35)39)31(40)18-11-23-7-12-26(34)13-8-23/h2-10,12-15,18,28-29H,11,16-17,19-22H2,1H3,(H2,35,39)(H,36,41). The van der Waals surface area contributed by atoms with Crippen LogP contribution in [0.2, 0.25) is 0 Å². The predicted molar refractivity (Wildman–Crippen MR) is 159 cm³/mol. The van der Waals surface area contributed by atoms with Crippen molar-refractivity contribution in [2.24, 2.45) is 5.73 Å². The molecule has 1 heterocycles. The molecule has 9 nitrogen and oxygen atoms in total. The Morgan fingerprint density at radius 3 is 2.30 bits per heavy atom. The molecule has 2 unspecified atom stereocenters. The van der Waals surface area contributed by atoms with Crippen molar-refractivity contribution in [2.75, 3.05) is 20.1 Å². The first-order valence-corrected chi connectivity index (χ1v) is 14.2. The van der Waals surface area contributed by atoms with Gasteiger partial charge in [-0.25, -0.2) is 4.39 Å². The number of primary amides is 1. The number of halogens is 1. The summed E-state index contributed by atoms with van der Waals surface area (Å²) >= 11 is 0. The number of nitrogens with two attached hydrogens (primary N) is 1. The van der Waals surface area contributed by atoms with Gasteiger partial charge in [-0.3, -0.25) is 19.2 Å². The number of nitrogens with one attached hydrogen (secondary N) is 1. The van der Waals surface area contributed by atoms with Crippen LogP contribution < -0.4 is 15.8 Å². The van der Waals surface area contributed by atoms with Crippen LogP contribution >= 0.6 is 0 Å². The number of hydrogen-bond acceptors (Lipinski definition) is 5. The smallest absolute Gasteiger partial charge is 0.246 e. The summed E-state index contributed by atoms with van der Waals surface area (Å²) in [4.78, 5) is 54.6. The Bertz CT molecular complexity index is 1400. The fraction of sp³-hybridized carbons (Fsp3) is 0.303. The van der Waals surface area contributed by atoms with Gasteiger partial charge in [-0.05, 0) is 53.8 Å². The molecule has 0 bridgehead atoms. The van der Waals surface area contributed by atoms with Crippen molar-refractivity contribution in [3.05, 3.63) is 108 Å². The van der Waals surface area contributed by atoms with E-state index in [1.165, 1.54) is 35.4 Å². The third kappa shape index (κ3) is 8.64. The largest absolute Gasteiger partial charge is 0.489 e. The minimum atomic E-state index is -0.959. The minimum absolute atomic E-state index is 0.0364. The molecule has 1 radical (unpaired) electrons. The van der Waals surface area contributed by atoms with Gasteiger partial charge in [0, 0.05) is 33.0 Å². The fourth-order valence-electron chi connectivity index (χ4n) is 5.08. The maximum Gasteiger partial charge on any atom is 0.246 e. The molecule has 4 rings (SSSR count). The average Bonchev–Trinajstić information content (AvgIpc) is 3.02. The first kappa shape index (κ1) is 31.2. The first-order valence-electron chi connectivity index (χ1n) is 14.2. The molecule has 2 atom stereocenters. The summed E-state index contributed by atoms with van der Waals surface area (Å²) in [5.41, 5.74) is 7.99. The van der Waals surface area contributed by atoms with E-state index in [2.05, 4.69) is 5.32 Å². The minimum Gasteiger partial charge on any atom is -0.489 e. The zero-order valence-corrected chi connectivity index (χ0v) is 24.1. The molecule has 1 aliphatic rings. The van der Waals surface area contributed by atoms with E-state index in [0.717, 1.165) is 16.7 Å². The van der Waals surface area contributed by atoms with Crippen molar-refractivity contribution in [1.29, 1.82) is 0 Å². The van der Waals surface area contributed by atoms with Crippen molar-refractivity contribution >= 4 is 23.6 Å². The van der Waals surface area contributed by atoms with Gasteiger partial charge >= 0.3 is 0 Å². The summed E-state index contributed by atoms with van der Waals surface area (Å²) in [5.74, 6) is -1.43. The van der Waals surface area contributed by atoms with Crippen molar-refractivity contribution in [1.82, 2.24) is 15.1 Å². The molecule has 1 saturated heterocycles. The number of rotatable bonds is 13. The van der Waals surface area contributed by atoms with E-state index in [1.807, 2.05) is 54.6 Å². The van der Waals surface area contributed by atoms with E-state index in [-0.39, 0.29) is 56.4 Å². The summed E-state index contributed by atoms with van der Waals surface area (Å²) in [6.07, 6.45) is 1.88. The van der Waals surface area contributed by atoms with Gasteiger partial charge in [0.2, 0.25) is 23.6 Å². The SMILES string of the molecule is CNC(=O)C(Cc1ccc(OCc2ccccc2)cc1)N1CCN(C(=O)[CH]Cc2ccc(F)cc2)C(CCC(N)=O)C1=O. The van der Waals surface area contributed by atoms with Gasteiger partial charge in [0.25, 0.3) is 0 Å². The lowest BCUT2D eigenvalue weighted by Crippen LogP contribution is -2.63. The van der Waals surface area contributed by atoms with Crippen LogP contribution in [0, 0.1) is 12.2 Å². The molecule has 3 aromatic rings. The molecule has 3 N–H and O–H groups in total. The Balaban J connectivity index is 1.45. The van der Waals surface area contributed by atoms with Crippen LogP contribution in [0.3, 0.4) is 0 Å². The van der Waals surface area contributed by atoms with Gasteiger partial charge in [0.1, 0.15) is 30.3 Å². The molecular formula is C33H36FN4O5. The molecule has 0 aliphatic carbocycles. The second-order valence-corrected chi connectivity index (χ2v) is 10.4. The molecule has 4 amide bonds. The zero-order chi connectivity index (χ0) is 30.8. The van der Waals surface area contributed by atoms with E-state index in [9.17, 15) is 23.6 Å². The lowest BCUT2D eigenvalue weighted by atomic mass is 9.98. The van der Waals surface area contributed by atoms with Gasteiger partial charge in [0.05, 0.1) is 6.42 Å². The van der Waals surface area contributed by atoms with Crippen LogP contribution in [-0.2, 0) is 38.6 Å². The molecule has 0 aromatic heterocycles. The predicted octanol–water partition coefficient (Wildman–Crippen LogP) is 2.81. The van der Waals surface area contributed by atoms with Crippen molar-refractivity contribution in [3.63, 3.8) is 0 Å². The van der Waals surface area contributed by atoms with Crippen LogP contribution in [0.15, 0.2) is 78.9 Å². The normalized spacial score (nSPS) is 15.6. The molecule has 0 spiro atoms. The van der Waals surface area contributed by atoms with Gasteiger partial charge < -0.3 is 25.6 Å². The third-order valence-corrected chi connectivity index (χ3v) is 7.43. The molecule has 43 heavy (non-hydrogen) atoms. The number of piperazine rings is 1. The van der Waals surface area contributed by atoms with Crippen LogP contribution in [0.1, 0.15) is 29.5 Å².